The van der Waals surface area contributed by atoms with E-state index in [-0.39, 0.29) is 9.77 Å². The number of aromatic carboxylic acids is 1. The highest BCUT2D eigenvalue weighted by Gasteiger charge is 2.18. The Kier molecular flexibility index (Phi) is 3.93. The van der Waals surface area contributed by atoms with Gasteiger partial charge in [-0.05, 0) is 30.3 Å². The maximum absolute atomic E-state index is 12.0. The molecule has 2 rings (SSSR count). The summed E-state index contributed by atoms with van der Waals surface area (Å²) in [4.78, 5) is 10.7. The van der Waals surface area contributed by atoms with Gasteiger partial charge in [0.2, 0.25) is 0 Å². The van der Waals surface area contributed by atoms with Crippen molar-refractivity contribution in [3.05, 3.63) is 45.7 Å². The molecule has 0 saturated carbocycles. The molecule has 1 aromatic heterocycles. The van der Waals surface area contributed by atoms with E-state index >= 15 is 0 Å². The molecule has 100 valence electrons. The van der Waals surface area contributed by atoms with E-state index in [0.29, 0.717) is 5.69 Å². The molecule has 1 heterocycles. The molecule has 1 aromatic carbocycles. The lowest BCUT2D eigenvalue weighted by Crippen LogP contribution is -2.11. The van der Waals surface area contributed by atoms with Gasteiger partial charge in [-0.25, -0.2) is 13.2 Å². The summed E-state index contributed by atoms with van der Waals surface area (Å²) < 4.78 is 27.2. The zero-order valence-electron chi connectivity index (χ0n) is 9.33. The normalized spacial score (nSPS) is 11.2. The number of benzene rings is 1. The van der Waals surface area contributed by atoms with Crippen LogP contribution in [0, 0.1) is 0 Å². The van der Waals surface area contributed by atoms with E-state index in [2.05, 4.69) is 20.7 Å². The van der Waals surface area contributed by atoms with Crippen LogP contribution >= 0.6 is 27.3 Å². The molecule has 0 fully saturated rings. The lowest BCUT2D eigenvalue weighted by molar-refractivity contribution is 0.0697. The Morgan fingerprint density at radius 3 is 2.42 bits per heavy atom. The van der Waals surface area contributed by atoms with Gasteiger partial charge < -0.3 is 5.11 Å². The van der Waals surface area contributed by atoms with Gasteiger partial charge in [-0.15, -0.1) is 11.3 Å². The number of thiophene rings is 1. The molecule has 0 saturated heterocycles. The highest BCUT2D eigenvalue weighted by Crippen LogP contribution is 2.23. The summed E-state index contributed by atoms with van der Waals surface area (Å²) in [5, 5.41) is 10.1. The van der Waals surface area contributed by atoms with E-state index < -0.39 is 16.0 Å². The van der Waals surface area contributed by atoms with Crippen LogP contribution in [0.4, 0.5) is 5.69 Å². The zero-order valence-corrected chi connectivity index (χ0v) is 12.5. The van der Waals surface area contributed by atoms with E-state index in [1.807, 2.05) is 0 Å². The molecule has 0 unspecified atom stereocenters. The largest absolute Gasteiger partial charge is 0.478 e. The van der Waals surface area contributed by atoms with Crippen LogP contribution in [-0.2, 0) is 10.0 Å². The smallest absolute Gasteiger partial charge is 0.336 e. The molecule has 2 aromatic rings. The second kappa shape index (κ2) is 5.32. The predicted octanol–water partition coefficient (Wildman–Crippen LogP) is 3.01. The van der Waals surface area contributed by atoms with E-state index in [9.17, 15) is 13.2 Å². The molecule has 5 nitrogen and oxygen atoms in total. The zero-order chi connectivity index (χ0) is 14.0. The standard InChI is InChI=1S/C11H8BrNO4S2/c12-8-1-3-9(4-2-8)13-19(16,17)10-5-7(6-18-10)11(14)15/h1-6,13H,(H,14,15). The number of sulfonamides is 1. The van der Waals surface area contributed by atoms with Gasteiger partial charge in [0.1, 0.15) is 4.21 Å². The van der Waals surface area contributed by atoms with E-state index in [1.165, 1.54) is 5.38 Å². The topological polar surface area (TPSA) is 83.5 Å². The molecular weight excluding hydrogens is 354 g/mol. The predicted molar refractivity (Wildman–Crippen MR) is 76.2 cm³/mol. The number of carboxylic acids is 1. The van der Waals surface area contributed by atoms with Crippen LogP contribution in [-0.4, -0.2) is 19.5 Å². The van der Waals surface area contributed by atoms with Gasteiger partial charge in [0, 0.05) is 15.5 Å². The third-order valence-corrected chi connectivity index (χ3v) is 5.53. The fourth-order valence-corrected chi connectivity index (χ4v) is 3.77. The van der Waals surface area contributed by atoms with Gasteiger partial charge in [-0.2, -0.15) is 0 Å². The molecule has 0 amide bonds. The number of halogens is 1. The Labute approximate surface area is 122 Å². The Morgan fingerprint density at radius 1 is 1.26 bits per heavy atom. The van der Waals surface area contributed by atoms with E-state index in [0.717, 1.165) is 21.9 Å². The van der Waals surface area contributed by atoms with Gasteiger partial charge in [-0.3, -0.25) is 4.72 Å². The SMILES string of the molecule is O=C(O)c1csc(S(=O)(=O)Nc2ccc(Br)cc2)c1. The van der Waals surface area contributed by atoms with Gasteiger partial charge in [0.05, 0.1) is 5.56 Å². The lowest BCUT2D eigenvalue weighted by atomic mass is 10.3. The molecule has 0 radical (unpaired) electrons. The molecule has 0 spiro atoms. The Balaban J connectivity index is 2.26. The van der Waals surface area contributed by atoms with Crippen molar-refractivity contribution in [2.75, 3.05) is 4.72 Å². The highest BCUT2D eigenvalue weighted by molar-refractivity contribution is 9.10. The maximum atomic E-state index is 12.0. The van der Waals surface area contributed by atoms with Gasteiger partial charge in [-0.1, -0.05) is 15.9 Å². The Morgan fingerprint density at radius 2 is 1.89 bits per heavy atom. The van der Waals surface area contributed by atoms with Gasteiger partial charge in [0.25, 0.3) is 10.0 Å². The summed E-state index contributed by atoms with van der Waals surface area (Å²) >= 11 is 4.12. The third kappa shape index (κ3) is 3.34. The molecule has 19 heavy (non-hydrogen) atoms. The second-order valence-corrected chi connectivity index (χ2v) is 7.31. The lowest BCUT2D eigenvalue weighted by Gasteiger charge is -2.05. The van der Waals surface area contributed by atoms with Crippen molar-refractivity contribution in [2.24, 2.45) is 0 Å². The maximum Gasteiger partial charge on any atom is 0.336 e. The number of anilines is 1. The van der Waals surface area contributed by atoms with Crippen molar-refractivity contribution in [3.8, 4) is 0 Å². The van der Waals surface area contributed by atoms with Gasteiger partial charge >= 0.3 is 5.97 Å². The molecule has 0 aliphatic heterocycles. The minimum Gasteiger partial charge on any atom is -0.478 e. The van der Waals surface area contributed by atoms with Crippen LogP contribution < -0.4 is 4.72 Å². The first-order valence-corrected chi connectivity index (χ1v) is 8.14. The van der Waals surface area contributed by atoms with E-state index in [4.69, 9.17) is 5.11 Å². The average molecular weight is 362 g/mol. The molecule has 0 atom stereocenters. The first kappa shape index (κ1) is 14.0. The van der Waals surface area contributed by atoms with Crippen molar-refractivity contribution in [1.82, 2.24) is 0 Å². The molecule has 0 bridgehead atoms. The van der Waals surface area contributed by atoms with Crippen molar-refractivity contribution in [1.29, 1.82) is 0 Å². The summed E-state index contributed by atoms with van der Waals surface area (Å²) in [5.41, 5.74) is 0.370. The van der Waals surface area contributed by atoms with Crippen LogP contribution in [0.1, 0.15) is 10.4 Å². The first-order valence-electron chi connectivity index (χ1n) is 4.99. The number of carbonyl (C=O) groups is 1. The van der Waals surface area contributed by atoms with Crippen LogP contribution in [0.3, 0.4) is 0 Å². The van der Waals surface area contributed by atoms with E-state index in [1.54, 1.807) is 24.3 Å². The van der Waals surface area contributed by atoms with Crippen molar-refractivity contribution >= 4 is 48.9 Å². The molecule has 8 heteroatoms. The number of hydrogen-bond acceptors (Lipinski definition) is 4. The van der Waals surface area contributed by atoms with Crippen LogP contribution in [0.2, 0.25) is 0 Å². The fraction of sp³-hybridized carbons (Fsp3) is 0. The highest BCUT2D eigenvalue weighted by atomic mass is 79.9. The summed E-state index contributed by atoms with van der Waals surface area (Å²) in [6.45, 7) is 0. The number of carboxylic acid groups (broad SMARTS) is 1. The van der Waals surface area contributed by atoms with Crippen molar-refractivity contribution in [2.45, 2.75) is 4.21 Å². The summed E-state index contributed by atoms with van der Waals surface area (Å²) in [5.74, 6) is -1.15. The minimum absolute atomic E-state index is 0.0344. The van der Waals surface area contributed by atoms with Crippen LogP contribution in [0.25, 0.3) is 0 Å². The fourth-order valence-electron chi connectivity index (χ4n) is 1.29. The van der Waals surface area contributed by atoms with Crippen LogP contribution in [0.15, 0.2) is 44.4 Å². The van der Waals surface area contributed by atoms with Gasteiger partial charge in [0.15, 0.2) is 0 Å². The summed E-state index contributed by atoms with van der Waals surface area (Å²) in [6.07, 6.45) is 0. The Bertz CT molecular complexity index is 707. The number of nitrogens with one attached hydrogen (secondary N) is 1. The Hall–Kier alpha value is -1.38. The minimum atomic E-state index is -3.75. The quantitative estimate of drug-likeness (QED) is 0.876. The second-order valence-electron chi connectivity index (χ2n) is 3.57. The average Bonchev–Trinajstić information content (AvgIpc) is 2.82. The molecule has 0 aliphatic carbocycles. The summed E-state index contributed by atoms with van der Waals surface area (Å²) in [6, 6.07) is 7.75. The first-order chi connectivity index (χ1) is 8.88. The monoisotopic (exact) mass is 361 g/mol. The molecule has 2 N–H and O–H groups in total. The van der Waals surface area contributed by atoms with Crippen LogP contribution in [0.5, 0.6) is 0 Å². The third-order valence-electron chi connectivity index (χ3n) is 2.18. The number of rotatable bonds is 4. The summed E-state index contributed by atoms with van der Waals surface area (Å²) in [7, 11) is -3.75. The van der Waals surface area contributed by atoms with Crippen molar-refractivity contribution < 1.29 is 18.3 Å². The van der Waals surface area contributed by atoms with Crippen molar-refractivity contribution in [3.63, 3.8) is 0 Å². The molecular formula is C11H8BrNO4S2. The number of hydrogen-bond donors (Lipinski definition) is 2. The molecule has 0 aliphatic rings.